The van der Waals surface area contributed by atoms with Crippen LogP contribution in [-0.2, 0) is 9.53 Å². The number of likely N-dealkylation sites (tertiary alicyclic amines) is 1. The predicted octanol–water partition coefficient (Wildman–Crippen LogP) is 2.87. The van der Waals surface area contributed by atoms with Crippen molar-refractivity contribution in [3.8, 4) is 0 Å². The van der Waals surface area contributed by atoms with E-state index in [1.807, 2.05) is 36.4 Å². The summed E-state index contributed by atoms with van der Waals surface area (Å²) in [7, 11) is 0. The fourth-order valence-corrected chi connectivity index (χ4v) is 3.14. The molecular formula is C17H29N3O2. The van der Waals surface area contributed by atoms with Gasteiger partial charge in [-0.05, 0) is 52.5 Å². The van der Waals surface area contributed by atoms with Crippen molar-refractivity contribution >= 4 is 5.91 Å². The maximum atomic E-state index is 12.8. The first kappa shape index (κ1) is 17.0. The van der Waals surface area contributed by atoms with Gasteiger partial charge in [0.1, 0.15) is 6.04 Å². The number of rotatable bonds is 5. The molecule has 5 heteroatoms. The van der Waals surface area contributed by atoms with E-state index in [1.165, 1.54) is 0 Å². The molecule has 1 aromatic rings. The zero-order valence-electron chi connectivity index (χ0n) is 14.3. The number of carbonyl (C=O) groups is 1. The smallest absolute Gasteiger partial charge is 0.247 e. The molecule has 124 valence electrons. The molecule has 1 saturated heterocycles. The van der Waals surface area contributed by atoms with Gasteiger partial charge in [0.25, 0.3) is 0 Å². The molecule has 0 saturated carbocycles. The summed E-state index contributed by atoms with van der Waals surface area (Å²) in [6.07, 6.45) is 4.37. The summed E-state index contributed by atoms with van der Waals surface area (Å²) >= 11 is 0. The maximum absolute atomic E-state index is 12.8. The fraction of sp³-hybridized carbons (Fsp3) is 0.765. The molecule has 2 unspecified atom stereocenters. The molecule has 5 nitrogen and oxygen atoms in total. The lowest BCUT2D eigenvalue weighted by molar-refractivity contribution is -0.134. The third kappa shape index (κ3) is 4.09. The molecule has 2 heterocycles. The SMILES string of the molecule is CCCOC1CCCN(C(=O)C(C)n2nc(C)cc2C)CC1. The van der Waals surface area contributed by atoms with Crippen molar-refractivity contribution < 1.29 is 9.53 Å². The molecule has 2 atom stereocenters. The predicted molar refractivity (Wildman–Crippen MR) is 86.9 cm³/mol. The first-order valence-electron chi connectivity index (χ1n) is 8.46. The zero-order valence-corrected chi connectivity index (χ0v) is 14.3. The summed E-state index contributed by atoms with van der Waals surface area (Å²) in [5.41, 5.74) is 2.00. The molecule has 1 aliphatic rings. The summed E-state index contributed by atoms with van der Waals surface area (Å²) in [5.74, 6) is 0.169. The van der Waals surface area contributed by atoms with Crippen molar-refractivity contribution in [2.45, 2.75) is 65.5 Å². The van der Waals surface area contributed by atoms with Crippen LogP contribution < -0.4 is 0 Å². The normalized spacial score (nSPS) is 20.7. The summed E-state index contributed by atoms with van der Waals surface area (Å²) in [6.45, 7) is 10.5. The summed E-state index contributed by atoms with van der Waals surface area (Å²) in [6, 6.07) is 1.78. The van der Waals surface area contributed by atoms with Gasteiger partial charge in [0.05, 0.1) is 11.8 Å². The van der Waals surface area contributed by atoms with Gasteiger partial charge in [-0.25, -0.2) is 0 Å². The lowest BCUT2D eigenvalue weighted by Gasteiger charge is -2.25. The van der Waals surface area contributed by atoms with Gasteiger partial charge in [-0.3, -0.25) is 9.48 Å². The standard InChI is InChI=1S/C17H29N3O2/c1-5-11-22-16-7-6-9-19(10-8-16)17(21)15(4)20-14(3)12-13(2)18-20/h12,15-16H,5-11H2,1-4H3. The van der Waals surface area contributed by atoms with Gasteiger partial charge in [0.2, 0.25) is 5.91 Å². The Morgan fingerprint density at radius 1 is 1.41 bits per heavy atom. The molecule has 0 radical (unpaired) electrons. The lowest BCUT2D eigenvalue weighted by atomic mass is 10.1. The van der Waals surface area contributed by atoms with Crippen LogP contribution in [0.1, 0.15) is 57.0 Å². The van der Waals surface area contributed by atoms with Gasteiger partial charge in [0.15, 0.2) is 0 Å². The van der Waals surface area contributed by atoms with Crippen molar-refractivity contribution in [1.82, 2.24) is 14.7 Å². The third-order valence-corrected chi connectivity index (χ3v) is 4.31. The minimum Gasteiger partial charge on any atom is -0.378 e. The van der Waals surface area contributed by atoms with Gasteiger partial charge >= 0.3 is 0 Å². The van der Waals surface area contributed by atoms with Crippen molar-refractivity contribution in [2.24, 2.45) is 0 Å². The van der Waals surface area contributed by atoms with Crippen LogP contribution in [0.2, 0.25) is 0 Å². The second-order valence-corrected chi connectivity index (χ2v) is 6.30. The molecule has 22 heavy (non-hydrogen) atoms. The summed E-state index contributed by atoms with van der Waals surface area (Å²) in [5, 5.41) is 4.45. The third-order valence-electron chi connectivity index (χ3n) is 4.31. The number of hydrogen-bond acceptors (Lipinski definition) is 3. The van der Waals surface area contributed by atoms with Crippen molar-refractivity contribution in [3.05, 3.63) is 17.5 Å². The molecule has 0 aliphatic carbocycles. The van der Waals surface area contributed by atoms with E-state index in [4.69, 9.17) is 4.74 Å². The second kappa shape index (κ2) is 7.77. The van der Waals surface area contributed by atoms with Crippen molar-refractivity contribution in [3.63, 3.8) is 0 Å². The Balaban J connectivity index is 1.96. The molecular weight excluding hydrogens is 278 g/mol. The van der Waals surface area contributed by atoms with E-state index in [2.05, 4.69) is 12.0 Å². The minimum atomic E-state index is -0.234. The molecule has 1 aromatic heterocycles. The molecule has 1 aliphatic heterocycles. The monoisotopic (exact) mass is 307 g/mol. The molecule has 0 N–H and O–H groups in total. The fourth-order valence-electron chi connectivity index (χ4n) is 3.14. The average Bonchev–Trinajstić information content (AvgIpc) is 2.71. The molecule has 2 rings (SSSR count). The Morgan fingerprint density at radius 2 is 2.18 bits per heavy atom. The molecule has 1 fully saturated rings. The zero-order chi connectivity index (χ0) is 16.1. The molecule has 0 bridgehead atoms. The number of aromatic nitrogens is 2. The summed E-state index contributed by atoms with van der Waals surface area (Å²) in [4.78, 5) is 14.7. The Kier molecular flexibility index (Phi) is 6.00. The highest BCUT2D eigenvalue weighted by Crippen LogP contribution is 2.19. The van der Waals surface area contributed by atoms with Crippen molar-refractivity contribution in [2.75, 3.05) is 19.7 Å². The van der Waals surface area contributed by atoms with Crippen LogP contribution in [-0.4, -0.2) is 46.4 Å². The topological polar surface area (TPSA) is 47.4 Å². The Morgan fingerprint density at radius 3 is 2.82 bits per heavy atom. The maximum Gasteiger partial charge on any atom is 0.247 e. The van der Waals surface area contributed by atoms with Crippen LogP contribution in [0.3, 0.4) is 0 Å². The van der Waals surface area contributed by atoms with Crippen LogP contribution in [0, 0.1) is 13.8 Å². The van der Waals surface area contributed by atoms with Crippen molar-refractivity contribution in [1.29, 1.82) is 0 Å². The molecule has 0 spiro atoms. The van der Waals surface area contributed by atoms with E-state index in [-0.39, 0.29) is 11.9 Å². The number of ether oxygens (including phenoxy) is 1. The highest BCUT2D eigenvalue weighted by molar-refractivity contribution is 5.80. The highest BCUT2D eigenvalue weighted by Gasteiger charge is 2.26. The van der Waals surface area contributed by atoms with E-state index in [0.29, 0.717) is 6.10 Å². The number of nitrogens with zero attached hydrogens (tertiary/aromatic N) is 3. The van der Waals surface area contributed by atoms with Gasteiger partial charge in [-0.2, -0.15) is 5.10 Å². The first-order chi connectivity index (χ1) is 10.5. The summed E-state index contributed by atoms with van der Waals surface area (Å²) < 4.78 is 7.69. The van der Waals surface area contributed by atoms with Crippen LogP contribution in [0.15, 0.2) is 6.07 Å². The van der Waals surface area contributed by atoms with Crippen LogP contribution in [0.4, 0.5) is 0 Å². The largest absolute Gasteiger partial charge is 0.378 e. The van der Waals surface area contributed by atoms with E-state index in [0.717, 1.165) is 56.8 Å². The number of amides is 1. The minimum absolute atomic E-state index is 0.169. The Bertz CT molecular complexity index is 498. The number of carbonyl (C=O) groups excluding carboxylic acids is 1. The van der Waals surface area contributed by atoms with Crippen LogP contribution >= 0.6 is 0 Å². The highest BCUT2D eigenvalue weighted by atomic mass is 16.5. The first-order valence-corrected chi connectivity index (χ1v) is 8.46. The van der Waals surface area contributed by atoms with Crippen LogP contribution in [0.25, 0.3) is 0 Å². The van der Waals surface area contributed by atoms with Gasteiger partial charge in [-0.15, -0.1) is 0 Å². The van der Waals surface area contributed by atoms with E-state index in [1.54, 1.807) is 0 Å². The quantitative estimate of drug-likeness (QED) is 0.840. The van der Waals surface area contributed by atoms with Gasteiger partial charge < -0.3 is 9.64 Å². The van der Waals surface area contributed by atoms with Gasteiger partial charge in [0, 0.05) is 25.4 Å². The molecule has 1 amide bonds. The number of hydrogen-bond donors (Lipinski definition) is 0. The Hall–Kier alpha value is -1.36. The Labute approximate surface area is 133 Å². The second-order valence-electron chi connectivity index (χ2n) is 6.30. The number of aryl methyl sites for hydroxylation is 2. The van der Waals surface area contributed by atoms with E-state index < -0.39 is 0 Å². The van der Waals surface area contributed by atoms with E-state index in [9.17, 15) is 4.79 Å². The van der Waals surface area contributed by atoms with Crippen LogP contribution in [0.5, 0.6) is 0 Å². The van der Waals surface area contributed by atoms with E-state index >= 15 is 0 Å². The van der Waals surface area contributed by atoms with Gasteiger partial charge in [-0.1, -0.05) is 6.92 Å². The average molecular weight is 307 g/mol. The molecule has 0 aromatic carbocycles. The lowest BCUT2D eigenvalue weighted by Crippen LogP contribution is -2.37.